The molecule has 0 saturated heterocycles. The van der Waals surface area contributed by atoms with Gasteiger partial charge < -0.3 is 14.6 Å². The fourth-order valence-corrected chi connectivity index (χ4v) is 2.66. The van der Waals surface area contributed by atoms with Gasteiger partial charge >= 0.3 is 5.69 Å². The highest BCUT2D eigenvalue weighted by Gasteiger charge is 2.17. The second-order valence-electron chi connectivity index (χ2n) is 5.38. The molecule has 130 valence electrons. The smallest absolute Gasteiger partial charge is 0.312 e. The lowest BCUT2D eigenvalue weighted by atomic mass is 10.1. The van der Waals surface area contributed by atoms with Gasteiger partial charge in [-0.05, 0) is 30.2 Å². The number of rotatable bonds is 5. The molecule has 0 fully saturated rings. The molecule has 0 saturated carbocycles. The predicted octanol–water partition coefficient (Wildman–Crippen LogP) is 3.39. The molecule has 7 nitrogen and oxygen atoms in total. The molecule has 2 aromatic carbocycles. The van der Waals surface area contributed by atoms with Crippen LogP contribution in [0.2, 0.25) is 5.02 Å². The van der Waals surface area contributed by atoms with E-state index >= 15 is 0 Å². The number of fused-ring (bicyclic) bond motifs is 1. The lowest BCUT2D eigenvalue weighted by Gasteiger charge is -2.18. The topological polar surface area (TPSA) is 94.2 Å². The number of phenols is 1. The number of halogens is 1. The number of nitro groups is 1. The van der Waals surface area contributed by atoms with Crippen LogP contribution in [0.25, 0.3) is 0 Å². The Morgan fingerprint density at radius 1 is 1.24 bits per heavy atom. The van der Waals surface area contributed by atoms with Crippen LogP contribution in [-0.4, -0.2) is 36.0 Å². The van der Waals surface area contributed by atoms with Crippen LogP contribution in [0.4, 0.5) is 5.69 Å². The molecule has 0 aliphatic carbocycles. The number of aromatic hydroxyl groups is 1. The largest absolute Gasteiger partial charge is 0.502 e. The van der Waals surface area contributed by atoms with E-state index < -0.39 is 16.4 Å². The van der Waals surface area contributed by atoms with Gasteiger partial charge in [0.2, 0.25) is 5.75 Å². The SMILES string of the molecule is O=[N+]([O-])c1cc(Cl)cc(C=NCCc2ccc3c(c2)OCCO3)c1O. The van der Waals surface area contributed by atoms with Crippen molar-refractivity contribution in [3.05, 3.63) is 56.6 Å². The van der Waals surface area contributed by atoms with E-state index in [1.165, 1.54) is 12.3 Å². The third kappa shape index (κ3) is 4.00. The van der Waals surface area contributed by atoms with Gasteiger partial charge in [-0.2, -0.15) is 0 Å². The summed E-state index contributed by atoms with van der Waals surface area (Å²) in [6.45, 7) is 1.52. The molecule has 0 aromatic heterocycles. The first-order valence-corrected chi connectivity index (χ1v) is 7.97. The lowest BCUT2D eigenvalue weighted by molar-refractivity contribution is -0.385. The standard InChI is InChI=1S/C17H15ClN2O5/c18-13-8-12(17(21)14(9-13)20(22)23)10-19-4-3-11-1-2-15-16(7-11)25-6-5-24-15/h1-2,7-10,21H,3-6H2. The van der Waals surface area contributed by atoms with Crippen LogP contribution in [0, 0.1) is 10.1 Å². The van der Waals surface area contributed by atoms with Crippen LogP contribution in [-0.2, 0) is 6.42 Å². The van der Waals surface area contributed by atoms with E-state index in [0.717, 1.165) is 23.1 Å². The molecule has 0 radical (unpaired) electrons. The molecule has 1 heterocycles. The van der Waals surface area contributed by atoms with Crippen LogP contribution in [0.3, 0.4) is 0 Å². The van der Waals surface area contributed by atoms with Gasteiger partial charge in [-0.15, -0.1) is 0 Å². The minimum Gasteiger partial charge on any atom is -0.502 e. The van der Waals surface area contributed by atoms with E-state index in [1.807, 2.05) is 18.2 Å². The molecule has 0 amide bonds. The number of hydrogen-bond acceptors (Lipinski definition) is 6. The summed E-state index contributed by atoms with van der Waals surface area (Å²) in [7, 11) is 0. The van der Waals surface area contributed by atoms with Gasteiger partial charge in [0.05, 0.1) is 4.92 Å². The molecule has 0 atom stereocenters. The second kappa shape index (κ2) is 7.40. The van der Waals surface area contributed by atoms with Gasteiger partial charge in [0.15, 0.2) is 11.5 Å². The summed E-state index contributed by atoms with van der Waals surface area (Å²) in [6.07, 6.45) is 2.03. The van der Waals surface area contributed by atoms with Crippen LogP contribution >= 0.6 is 11.6 Å². The summed E-state index contributed by atoms with van der Waals surface area (Å²) in [5.74, 6) is 1.00. The molecule has 25 heavy (non-hydrogen) atoms. The number of nitrogens with zero attached hydrogens (tertiary/aromatic N) is 2. The third-order valence-corrected chi connectivity index (χ3v) is 3.87. The van der Waals surface area contributed by atoms with E-state index in [1.54, 1.807) is 0 Å². The lowest BCUT2D eigenvalue weighted by Crippen LogP contribution is -2.15. The monoisotopic (exact) mass is 362 g/mol. The molecule has 8 heteroatoms. The number of nitro benzene ring substituents is 1. The molecular formula is C17H15ClN2O5. The quantitative estimate of drug-likeness (QED) is 0.500. The van der Waals surface area contributed by atoms with Crippen LogP contribution in [0.1, 0.15) is 11.1 Å². The molecule has 2 aromatic rings. The summed E-state index contributed by atoms with van der Waals surface area (Å²) in [5, 5.41) is 21.0. The summed E-state index contributed by atoms with van der Waals surface area (Å²) in [5.41, 5.74) is 0.796. The fourth-order valence-electron chi connectivity index (χ4n) is 2.44. The van der Waals surface area contributed by atoms with Crippen molar-refractivity contribution in [2.24, 2.45) is 4.99 Å². The van der Waals surface area contributed by atoms with Crippen molar-refractivity contribution in [2.45, 2.75) is 6.42 Å². The predicted molar refractivity (Wildman–Crippen MR) is 93.4 cm³/mol. The zero-order valence-electron chi connectivity index (χ0n) is 13.1. The Bertz CT molecular complexity index is 838. The van der Waals surface area contributed by atoms with E-state index in [-0.39, 0.29) is 10.6 Å². The van der Waals surface area contributed by atoms with E-state index in [0.29, 0.717) is 26.2 Å². The third-order valence-electron chi connectivity index (χ3n) is 3.65. The molecule has 1 aliphatic rings. The molecule has 0 spiro atoms. The van der Waals surface area contributed by atoms with Crippen molar-refractivity contribution in [3.8, 4) is 17.2 Å². The van der Waals surface area contributed by atoms with E-state index in [9.17, 15) is 15.2 Å². The highest BCUT2D eigenvalue weighted by molar-refractivity contribution is 6.31. The number of phenolic OH excluding ortho intramolecular Hbond substituents is 1. The summed E-state index contributed by atoms with van der Waals surface area (Å²) >= 11 is 5.84. The van der Waals surface area contributed by atoms with Crippen molar-refractivity contribution in [3.63, 3.8) is 0 Å². The number of benzene rings is 2. The van der Waals surface area contributed by atoms with E-state index in [2.05, 4.69) is 4.99 Å². The van der Waals surface area contributed by atoms with Gasteiger partial charge in [-0.1, -0.05) is 17.7 Å². The highest BCUT2D eigenvalue weighted by atomic mass is 35.5. The molecule has 1 N–H and O–H groups in total. The van der Waals surface area contributed by atoms with Crippen molar-refractivity contribution < 1.29 is 19.5 Å². The van der Waals surface area contributed by atoms with Crippen molar-refractivity contribution in [2.75, 3.05) is 19.8 Å². The van der Waals surface area contributed by atoms with Crippen LogP contribution in [0.15, 0.2) is 35.3 Å². The maximum Gasteiger partial charge on any atom is 0.312 e. The number of hydrogen-bond donors (Lipinski definition) is 1. The Morgan fingerprint density at radius 3 is 2.76 bits per heavy atom. The molecule has 0 unspecified atom stereocenters. The Labute approximate surface area is 148 Å². The van der Waals surface area contributed by atoms with Crippen molar-refractivity contribution >= 4 is 23.5 Å². The molecular weight excluding hydrogens is 348 g/mol. The zero-order valence-corrected chi connectivity index (χ0v) is 13.9. The first-order chi connectivity index (χ1) is 12.0. The number of ether oxygens (including phenoxy) is 2. The van der Waals surface area contributed by atoms with Crippen molar-refractivity contribution in [1.82, 2.24) is 0 Å². The highest BCUT2D eigenvalue weighted by Crippen LogP contribution is 2.32. The van der Waals surface area contributed by atoms with Gasteiger partial charge in [0.25, 0.3) is 0 Å². The normalized spacial score (nSPS) is 13.2. The van der Waals surface area contributed by atoms with Gasteiger partial charge in [-0.3, -0.25) is 15.1 Å². The first kappa shape index (κ1) is 17.0. The molecule has 1 aliphatic heterocycles. The molecule has 0 bridgehead atoms. The Kier molecular flexibility index (Phi) is 5.04. The molecule has 3 rings (SSSR count). The van der Waals surface area contributed by atoms with Crippen molar-refractivity contribution in [1.29, 1.82) is 0 Å². The van der Waals surface area contributed by atoms with Crippen LogP contribution in [0.5, 0.6) is 17.2 Å². The second-order valence-corrected chi connectivity index (χ2v) is 5.82. The Morgan fingerprint density at radius 2 is 2.00 bits per heavy atom. The maximum absolute atomic E-state index is 10.9. The summed E-state index contributed by atoms with van der Waals surface area (Å²) < 4.78 is 11.0. The minimum absolute atomic E-state index is 0.165. The summed E-state index contributed by atoms with van der Waals surface area (Å²) in [6, 6.07) is 8.23. The van der Waals surface area contributed by atoms with Gasteiger partial charge in [0.1, 0.15) is 13.2 Å². The summed E-state index contributed by atoms with van der Waals surface area (Å²) in [4.78, 5) is 14.4. The Balaban J connectivity index is 1.67. The fraction of sp³-hybridized carbons (Fsp3) is 0.235. The number of aliphatic imine (C=N–C) groups is 1. The zero-order chi connectivity index (χ0) is 17.8. The average Bonchev–Trinajstić information content (AvgIpc) is 2.60. The maximum atomic E-state index is 10.9. The van der Waals surface area contributed by atoms with Gasteiger partial charge in [-0.25, -0.2) is 0 Å². The first-order valence-electron chi connectivity index (χ1n) is 7.60. The van der Waals surface area contributed by atoms with E-state index in [4.69, 9.17) is 21.1 Å². The average molecular weight is 363 g/mol. The van der Waals surface area contributed by atoms with Crippen LogP contribution < -0.4 is 9.47 Å². The van der Waals surface area contributed by atoms with Gasteiger partial charge in [0, 0.05) is 29.4 Å². The minimum atomic E-state index is -0.687. The Hall–Kier alpha value is -2.80.